The Morgan fingerprint density at radius 1 is 0.955 bits per heavy atom. The highest BCUT2D eigenvalue weighted by Crippen LogP contribution is 2.21. The van der Waals surface area contributed by atoms with Crippen LogP contribution in [0, 0.1) is 13.8 Å². The summed E-state index contributed by atoms with van der Waals surface area (Å²) in [6, 6.07) is 13.0. The van der Waals surface area contributed by atoms with Crippen LogP contribution in [-0.2, 0) is 9.59 Å². The zero-order valence-electron chi connectivity index (χ0n) is 12.4. The minimum absolute atomic E-state index is 0.228. The number of carbonyl (C=O) groups is 2. The Hall–Kier alpha value is -2.14. The summed E-state index contributed by atoms with van der Waals surface area (Å²) in [6.07, 6.45) is -0.228. The molecule has 5 heteroatoms. The molecule has 0 saturated carbocycles. The van der Waals surface area contributed by atoms with E-state index in [1.807, 2.05) is 50.2 Å². The standard InChI is InChI=1S/C17H17BrN2O2/c1-11-7-8-14(12(2)9-11)19-16(21)10-17(22)20-15-6-4-3-5-13(15)18/h3-9H,10H2,1-2H3,(H,19,21)(H,20,22). The van der Waals surface area contributed by atoms with Crippen LogP contribution in [-0.4, -0.2) is 11.8 Å². The molecule has 4 nitrogen and oxygen atoms in total. The molecule has 114 valence electrons. The molecule has 0 aliphatic carbocycles. The van der Waals surface area contributed by atoms with Gasteiger partial charge in [-0.15, -0.1) is 0 Å². The Balaban J connectivity index is 1.94. The van der Waals surface area contributed by atoms with E-state index in [4.69, 9.17) is 0 Å². The van der Waals surface area contributed by atoms with Crippen molar-refractivity contribution in [3.05, 3.63) is 58.1 Å². The number of amides is 2. The Morgan fingerprint density at radius 2 is 1.59 bits per heavy atom. The van der Waals surface area contributed by atoms with Gasteiger partial charge < -0.3 is 10.6 Å². The number of nitrogens with one attached hydrogen (secondary N) is 2. The SMILES string of the molecule is Cc1ccc(NC(=O)CC(=O)Nc2ccccc2Br)c(C)c1. The van der Waals surface area contributed by atoms with Crippen LogP contribution in [0.3, 0.4) is 0 Å². The third-order valence-electron chi connectivity index (χ3n) is 3.13. The summed E-state index contributed by atoms with van der Waals surface area (Å²) in [4.78, 5) is 23.9. The van der Waals surface area contributed by atoms with Crippen LogP contribution in [0.5, 0.6) is 0 Å². The fourth-order valence-corrected chi connectivity index (χ4v) is 2.43. The van der Waals surface area contributed by atoms with E-state index in [1.54, 1.807) is 6.07 Å². The van der Waals surface area contributed by atoms with E-state index in [9.17, 15) is 9.59 Å². The van der Waals surface area contributed by atoms with E-state index >= 15 is 0 Å². The molecule has 0 radical (unpaired) electrons. The van der Waals surface area contributed by atoms with E-state index in [2.05, 4.69) is 26.6 Å². The minimum atomic E-state index is -0.353. The fourth-order valence-electron chi connectivity index (χ4n) is 2.05. The highest BCUT2D eigenvalue weighted by atomic mass is 79.9. The molecule has 0 aliphatic heterocycles. The van der Waals surface area contributed by atoms with E-state index in [0.717, 1.165) is 21.3 Å². The lowest BCUT2D eigenvalue weighted by Crippen LogP contribution is -2.21. The first-order chi connectivity index (χ1) is 10.5. The van der Waals surface area contributed by atoms with Crippen molar-refractivity contribution >= 4 is 39.1 Å². The van der Waals surface area contributed by atoms with Crippen molar-refractivity contribution in [3.63, 3.8) is 0 Å². The number of para-hydroxylation sites is 1. The number of aryl methyl sites for hydroxylation is 2. The summed E-state index contributed by atoms with van der Waals surface area (Å²) >= 11 is 3.35. The van der Waals surface area contributed by atoms with Gasteiger partial charge in [0.05, 0.1) is 5.69 Å². The van der Waals surface area contributed by atoms with Gasteiger partial charge in [0, 0.05) is 10.2 Å². The maximum absolute atomic E-state index is 12.0. The maximum Gasteiger partial charge on any atom is 0.233 e. The first kappa shape index (κ1) is 16.2. The topological polar surface area (TPSA) is 58.2 Å². The number of hydrogen-bond donors (Lipinski definition) is 2. The molecule has 0 unspecified atom stereocenters. The van der Waals surface area contributed by atoms with Gasteiger partial charge in [0.2, 0.25) is 11.8 Å². The van der Waals surface area contributed by atoms with E-state index < -0.39 is 0 Å². The van der Waals surface area contributed by atoms with Gasteiger partial charge in [0.1, 0.15) is 6.42 Å². The van der Waals surface area contributed by atoms with Crippen LogP contribution in [0.25, 0.3) is 0 Å². The predicted octanol–water partition coefficient (Wildman–Crippen LogP) is 4.03. The summed E-state index contributed by atoms with van der Waals surface area (Å²) in [7, 11) is 0. The highest BCUT2D eigenvalue weighted by molar-refractivity contribution is 9.10. The van der Waals surface area contributed by atoms with Crippen molar-refractivity contribution in [2.45, 2.75) is 20.3 Å². The second-order valence-corrected chi connectivity index (χ2v) is 5.93. The summed E-state index contributed by atoms with van der Waals surface area (Å²) in [5.74, 6) is -0.689. The quantitative estimate of drug-likeness (QED) is 0.808. The van der Waals surface area contributed by atoms with Gasteiger partial charge in [-0.2, -0.15) is 0 Å². The Kier molecular flexibility index (Phi) is 5.33. The molecule has 0 saturated heterocycles. The molecular formula is C17H17BrN2O2. The highest BCUT2D eigenvalue weighted by Gasteiger charge is 2.12. The molecule has 2 N–H and O–H groups in total. The molecule has 22 heavy (non-hydrogen) atoms. The molecule has 2 aromatic rings. The van der Waals surface area contributed by atoms with E-state index in [1.165, 1.54) is 0 Å². The van der Waals surface area contributed by atoms with Gasteiger partial charge in [-0.05, 0) is 53.5 Å². The van der Waals surface area contributed by atoms with Gasteiger partial charge in [-0.1, -0.05) is 29.8 Å². The van der Waals surface area contributed by atoms with Crippen LogP contribution in [0.15, 0.2) is 46.9 Å². The lowest BCUT2D eigenvalue weighted by atomic mass is 10.1. The average Bonchev–Trinajstić information content (AvgIpc) is 2.44. The molecule has 2 aromatic carbocycles. The first-order valence-electron chi connectivity index (χ1n) is 6.87. The van der Waals surface area contributed by atoms with Crippen LogP contribution < -0.4 is 10.6 Å². The lowest BCUT2D eigenvalue weighted by molar-refractivity contribution is -0.123. The molecule has 0 heterocycles. The molecule has 2 rings (SSSR count). The summed E-state index contributed by atoms with van der Waals surface area (Å²) < 4.78 is 0.776. The monoisotopic (exact) mass is 360 g/mol. The van der Waals surface area contributed by atoms with Gasteiger partial charge in [-0.3, -0.25) is 9.59 Å². The molecule has 0 aromatic heterocycles. The van der Waals surface area contributed by atoms with E-state index in [-0.39, 0.29) is 18.2 Å². The van der Waals surface area contributed by atoms with Crippen molar-refractivity contribution < 1.29 is 9.59 Å². The predicted molar refractivity (Wildman–Crippen MR) is 91.9 cm³/mol. The smallest absolute Gasteiger partial charge is 0.233 e. The van der Waals surface area contributed by atoms with Crippen LogP contribution >= 0.6 is 15.9 Å². The molecule has 0 atom stereocenters. The van der Waals surface area contributed by atoms with Crippen molar-refractivity contribution in [2.75, 3.05) is 10.6 Å². The van der Waals surface area contributed by atoms with Crippen molar-refractivity contribution in [1.82, 2.24) is 0 Å². The van der Waals surface area contributed by atoms with Crippen LogP contribution in [0.4, 0.5) is 11.4 Å². The number of anilines is 2. The minimum Gasteiger partial charge on any atom is -0.325 e. The number of hydrogen-bond acceptors (Lipinski definition) is 2. The first-order valence-corrected chi connectivity index (χ1v) is 7.66. The fraction of sp³-hybridized carbons (Fsp3) is 0.176. The molecule has 0 spiro atoms. The Morgan fingerprint density at radius 3 is 2.23 bits per heavy atom. The van der Waals surface area contributed by atoms with Gasteiger partial charge in [0.15, 0.2) is 0 Å². The molecule has 2 amide bonds. The molecule has 0 bridgehead atoms. The largest absolute Gasteiger partial charge is 0.325 e. The summed E-state index contributed by atoms with van der Waals surface area (Å²) in [5.41, 5.74) is 3.47. The third-order valence-corrected chi connectivity index (χ3v) is 3.82. The second-order valence-electron chi connectivity index (χ2n) is 5.07. The Bertz CT molecular complexity index is 714. The maximum atomic E-state index is 12.0. The Labute approximate surface area is 138 Å². The zero-order chi connectivity index (χ0) is 16.1. The van der Waals surface area contributed by atoms with Crippen molar-refractivity contribution in [2.24, 2.45) is 0 Å². The van der Waals surface area contributed by atoms with Gasteiger partial charge in [-0.25, -0.2) is 0 Å². The zero-order valence-corrected chi connectivity index (χ0v) is 14.0. The number of carbonyl (C=O) groups excluding carboxylic acids is 2. The van der Waals surface area contributed by atoms with E-state index in [0.29, 0.717) is 5.69 Å². The third kappa shape index (κ3) is 4.43. The van der Waals surface area contributed by atoms with Gasteiger partial charge >= 0.3 is 0 Å². The normalized spacial score (nSPS) is 10.1. The second kappa shape index (κ2) is 7.22. The van der Waals surface area contributed by atoms with Gasteiger partial charge in [0.25, 0.3) is 0 Å². The molecule has 0 fully saturated rings. The van der Waals surface area contributed by atoms with Crippen LogP contribution in [0.1, 0.15) is 17.5 Å². The lowest BCUT2D eigenvalue weighted by Gasteiger charge is -2.10. The molecule has 0 aliphatic rings. The van der Waals surface area contributed by atoms with Crippen LogP contribution in [0.2, 0.25) is 0 Å². The average molecular weight is 361 g/mol. The van der Waals surface area contributed by atoms with Crippen molar-refractivity contribution in [1.29, 1.82) is 0 Å². The molecular weight excluding hydrogens is 344 g/mol. The number of rotatable bonds is 4. The summed E-state index contributed by atoms with van der Waals surface area (Å²) in [6.45, 7) is 3.91. The van der Waals surface area contributed by atoms with Crippen molar-refractivity contribution in [3.8, 4) is 0 Å². The number of halogens is 1. The summed E-state index contributed by atoms with van der Waals surface area (Å²) in [5, 5.41) is 5.46. The number of benzene rings is 2.